The summed E-state index contributed by atoms with van der Waals surface area (Å²) in [4.78, 5) is 0. The number of hydrogen-bond acceptors (Lipinski definition) is 1. The second-order valence-corrected chi connectivity index (χ2v) is 1.96. The van der Waals surface area contributed by atoms with E-state index in [1.54, 1.807) is 0 Å². The van der Waals surface area contributed by atoms with E-state index in [0.717, 1.165) is 10.9 Å². The summed E-state index contributed by atoms with van der Waals surface area (Å²) in [7, 11) is 0. The van der Waals surface area contributed by atoms with Crippen LogP contribution in [0.25, 0.3) is 10.9 Å². The Balaban J connectivity index is 0.000000500. The average molecular weight is 378 g/mol. The van der Waals surface area contributed by atoms with E-state index in [-0.39, 0.29) is 1.43 Å². The molecule has 0 aliphatic heterocycles. The van der Waals surface area contributed by atoms with Crippen LogP contribution in [0, 0.1) is 0 Å². The molecule has 0 amide bonds. The summed E-state index contributed by atoms with van der Waals surface area (Å²) in [6, 6.07) is 8.01. The molecule has 0 atom stereocenters. The molecule has 1 N–H and O–H groups in total. The number of fused-ring (bicyclic) bond motifs is 1. The number of nitrogens with one attached hydrogen (secondary N) is 1. The second-order valence-electron chi connectivity index (χ2n) is 1.96. The van der Waals surface area contributed by atoms with Crippen LogP contribution in [0.3, 0.4) is 0 Å². The van der Waals surface area contributed by atoms with Crippen molar-refractivity contribution in [1.29, 1.82) is 0 Å². The average Bonchev–Trinajstić information content (AvgIpc) is 2.33. The number of hydrogen-bond donors (Lipinski definition) is 1. The van der Waals surface area contributed by atoms with Gasteiger partial charge in [0.25, 0.3) is 0 Å². The molecule has 0 spiro atoms. The monoisotopic (exact) mass is 378 g/mol. The van der Waals surface area contributed by atoms with Crippen molar-refractivity contribution in [3.63, 3.8) is 0 Å². The number of aromatic nitrogens is 2. The van der Waals surface area contributed by atoms with Crippen molar-refractivity contribution in [2.45, 2.75) is 0 Å². The van der Waals surface area contributed by atoms with Crippen LogP contribution in [0.5, 0.6) is 0 Å². The van der Waals surface area contributed by atoms with E-state index < -0.39 is 0 Å². The van der Waals surface area contributed by atoms with Crippen molar-refractivity contribution in [2.24, 2.45) is 0 Å². The fourth-order valence-electron chi connectivity index (χ4n) is 0.883. The Morgan fingerprint density at radius 3 is 2.90 bits per heavy atom. The van der Waals surface area contributed by atoms with Crippen LogP contribution < -0.4 is 0 Å². The second kappa shape index (κ2) is 1.90. The van der Waals surface area contributed by atoms with Crippen molar-refractivity contribution in [3.8, 4) is 0 Å². The molecule has 1 aromatic carbocycles. The molecular formula is C7H7N2No+. The van der Waals surface area contributed by atoms with Gasteiger partial charge in [-0.15, -0.1) is 0 Å². The summed E-state index contributed by atoms with van der Waals surface area (Å²) >= 11 is 0. The number of H-pyrrole nitrogens is 1. The van der Waals surface area contributed by atoms with E-state index in [9.17, 15) is 0 Å². The third-order valence-corrected chi connectivity index (χ3v) is 1.35. The van der Waals surface area contributed by atoms with Crippen LogP contribution in [-0.4, -0.2) is 10.2 Å². The molecule has 0 aliphatic carbocycles. The van der Waals surface area contributed by atoms with E-state index in [1.165, 1.54) is 0 Å². The van der Waals surface area contributed by atoms with Crippen LogP contribution in [0.1, 0.15) is 1.43 Å². The summed E-state index contributed by atoms with van der Waals surface area (Å²) in [6.45, 7) is 0. The third-order valence-electron chi connectivity index (χ3n) is 1.35. The van der Waals surface area contributed by atoms with Gasteiger partial charge in [0.15, 0.2) is 0 Å². The molecule has 0 radical (unpaired) electrons. The molecule has 10 heavy (non-hydrogen) atoms. The van der Waals surface area contributed by atoms with Crippen molar-refractivity contribution in [3.05, 3.63) is 30.5 Å². The van der Waals surface area contributed by atoms with Crippen LogP contribution in [0.4, 0.5) is 0 Å². The van der Waals surface area contributed by atoms with Gasteiger partial charge < -0.3 is 0 Å². The first-order valence-electron chi connectivity index (χ1n) is 2.85. The number of para-hydroxylation sites is 1. The molecule has 1 heterocycles. The SMILES string of the molecule is [H+].[No].c1ccc2[nH]ncc2c1. The normalized spacial score (nSPS) is 9.20. The van der Waals surface area contributed by atoms with Gasteiger partial charge >= 0.3 is 1.43 Å². The predicted molar refractivity (Wildman–Crippen MR) is 37.2 cm³/mol. The number of rotatable bonds is 0. The molecule has 0 saturated carbocycles. The zero-order valence-corrected chi connectivity index (χ0v) is 7.33. The first kappa shape index (κ1) is 5.82. The zero-order valence-electron chi connectivity index (χ0n) is 6.10. The van der Waals surface area contributed by atoms with Gasteiger partial charge in [0.1, 0.15) is 0 Å². The summed E-state index contributed by atoms with van der Waals surface area (Å²) in [5, 5.41) is 7.91. The standard InChI is InChI=1S/C7H6N2.No/c1-2-4-7-6(3-1)5-8-9-7;/h1-5H,(H,8,9);/p+1. The van der Waals surface area contributed by atoms with Crippen molar-refractivity contribution in [2.75, 3.05) is 0 Å². The van der Waals surface area contributed by atoms with Crippen LogP contribution in [-0.2, 0) is 0 Å². The van der Waals surface area contributed by atoms with Gasteiger partial charge in [-0.05, 0) is 6.07 Å². The topological polar surface area (TPSA) is 28.7 Å². The van der Waals surface area contributed by atoms with Gasteiger partial charge in [-0.3, -0.25) is 5.10 Å². The van der Waals surface area contributed by atoms with Crippen LogP contribution in [0.2, 0.25) is 0 Å². The Morgan fingerprint density at radius 1 is 1.30 bits per heavy atom. The number of benzene rings is 1. The van der Waals surface area contributed by atoms with Gasteiger partial charge in [0.2, 0.25) is 0 Å². The number of aromatic amines is 1. The molecule has 2 rings (SSSR count). The molecule has 0 aliphatic rings. The van der Waals surface area contributed by atoms with Crippen molar-refractivity contribution < 1.29 is 1.43 Å². The molecule has 2 aromatic rings. The van der Waals surface area contributed by atoms with Gasteiger partial charge in [0.05, 0.1) is 11.7 Å². The third kappa shape index (κ3) is 0.580. The maximum Gasteiger partial charge on any atom is 1.00 e. The van der Waals surface area contributed by atoms with E-state index in [4.69, 9.17) is 0 Å². The van der Waals surface area contributed by atoms with E-state index >= 15 is 0 Å². The molecule has 0 saturated heterocycles. The van der Waals surface area contributed by atoms with Gasteiger partial charge in [-0.1, -0.05) is 18.2 Å². The number of nitrogens with zero attached hydrogens (tertiary/aromatic N) is 1. The fraction of sp³-hybridized carbons (Fsp3) is 0. The minimum atomic E-state index is 0. The Labute approximate surface area is 54.0 Å². The summed E-state index contributed by atoms with van der Waals surface area (Å²) < 4.78 is 0. The Kier molecular flexibility index (Phi) is 1.10. The Hall–Kier alpha value is -2.31. The predicted octanol–water partition coefficient (Wildman–Crippen LogP) is 1.68. The van der Waals surface area contributed by atoms with Crippen LogP contribution >= 0.6 is 0 Å². The quantitative estimate of drug-likeness (QED) is 0.743. The minimum absolute atomic E-state index is 0. The summed E-state index contributed by atoms with van der Waals surface area (Å²) in [5.41, 5.74) is 1.09. The first-order chi connectivity index (χ1) is 4.47. The molecule has 0 unspecified atom stereocenters. The summed E-state index contributed by atoms with van der Waals surface area (Å²) in [6.07, 6.45) is 1.81. The molecular weight excluding hydrogens is 371 g/mol. The minimum Gasteiger partial charge on any atom is -0.278 e. The van der Waals surface area contributed by atoms with Crippen LogP contribution in [0.15, 0.2) is 30.5 Å². The Bertz CT molecular complexity index is 290. The van der Waals surface area contributed by atoms with Gasteiger partial charge in [-0.2, -0.15) is 5.10 Å². The molecule has 3 heteroatoms. The molecule has 0 fully saturated rings. The molecule has 0 bridgehead atoms. The first-order valence-corrected chi connectivity index (χ1v) is 2.85. The Morgan fingerprint density at radius 2 is 2.10 bits per heavy atom. The van der Waals surface area contributed by atoms with Gasteiger partial charge in [0, 0.05) is 5.39 Å². The smallest absolute Gasteiger partial charge is 0.278 e. The maximum absolute atomic E-state index is 3.88. The van der Waals surface area contributed by atoms with E-state index in [2.05, 4.69) is 10.2 Å². The maximum atomic E-state index is 3.88. The zero-order chi connectivity index (χ0) is 6.10. The van der Waals surface area contributed by atoms with Gasteiger partial charge in [-0.25, -0.2) is 0 Å². The van der Waals surface area contributed by atoms with E-state index in [1.807, 2.05) is 30.5 Å². The summed E-state index contributed by atoms with van der Waals surface area (Å²) in [5.74, 6) is 0. The van der Waals surface area contributed by atoms with E-state index in [0.29, 0.717) is 0 Å². The molecule has 1 aromatic heterocycles. The molecule has 58 valence electrons. The van der Waals surface area contributed by atoms with Crippen molar-refractivity contribution in [1.82, 2.24) is 10.2 Å². The fourth-order valence-corrected chi connectivity index (χ4v) is 0.883. The largest absolute Gasteiger partial charge is 1.00 e. The van der Waals surface area contributed by atoms with Crippen molar-refractivity contribution >= 4 is 10.9 Å². The molecule has 2 nitrogen and oxygen atoms in total.